The lowest BCUT2D eigenvalue weighted by molar-refractivity contribution is 0.102. The number of carbonyl (C=O) groups is 1. The Labute approximate surface area is 143 Å². The number of hydrogen-bond acceptors (Lipinski definition) is 3. The van der Waals surface area contributed by atoms with Gasteiger partial charge in [0.25, 0.3) is 5.91 Å². The average Bonchev–Trinajstić information content (AvgIpc) is 2.59. The number of anilines is 1. The van der Waals surface area contributed by atoms with Crippen LogP contribution in [0.4, 0.5) is 5.69 Å². The van der Waals surface area contributed by atoms with Gasteiger partial charge in [0.1, 0.15) is 11.5 Å². The monoisotopic (exact) mass is 325 g/mol. The zero-order valence-electron chi connectivity index (χ0n) is 14.4. The van der Waals surface area contributed by atoms with Gasteiger partial charge in [0.2, 0.25) is 0 Å². The van der Waals surface area contributed by atoms with Gasteiger partial charge in [-0.15, -0.1) is 0 Å². The molecule has 0 aromatic heterocycles. The van der Waals surface area contributed by atoms with Crippen LogP contribution in [-0.2, 0) is 0 Å². The van der Waals surface area contributed by atoms with Crippen molar-refractivity contribution >= 4 is 17.7 Å². The first-order valence-corrected chi connectivity index (χ1v) is 8.03. The summed E-state index contributed by atoms with van der Waals surface area (Å²) < 4.78 is 11.3. The molecule has 1 amide bonds. The molecule has 0 saturated heterocycles. The summed E-state index contributed by atoms with van der Waals surface area (Å²) in [5.41, 5.74) is 3.11. The minimum absolute atomic E-state index is 0.196. The third-order valence-electron chi connectivity index (χ3n) is 3.53. The van der Waals surface area contributed by atoms with E-state index in [9.17, 15) is 4.79 Å². The van der Waals surface area contributed by atoms with Gasteiger partial charge in [-0.25, -0.2) is 0 Å². The molecule has 4 nitrogen and oxygen atoms in total. The second-order valence-corrected chi connectivity index (χ2v) is 5.26. The Balaban J connectivity index is 2.29. The summed E-state index contributed by atoms with van der Waals surface area (Å²) in [6, 6.07) is 10.9. The van der Waals surface area contributed by atoms with Crippen LogP contribution in [0.3, 0.4) is 0 Å². The van der Waals surface area contributed by atoms with E-state index in [0.717, 1.165) is 16.9 Å². The second kappa shape index (κ2) is 8.20. The van der Waals surface area contributed by atoms with Gasteiger partial charge in [0.15, 0.2) is 0 Å². The molecule has 0 bridgehead atoms. The highest BCUT2D eigenvalue weighted by atomic mass is 16.5. The molecule has 0 atom stereocenters. The summed E-state index contributed by atoms with van der Waals surface area (Å²) >= 11 is 0. The standard InChI is InChI=1S/C20H23NO3/c1-5-15-8-10-16(11-9-15)20(22)21-17-13-18(23-6-2)14(4)12-19(17)24-7-3/h5,8-13H,1,6-7H2,2-4H3,(H,21,22). The highest BCUT2D eigenvalue weighted by molar-refractivity contribution is 6.05. The van der Waals surface area contributed by atoms with Crippen molar-refractivity contribution in [2.75, 3.05) is 18.5 Å². The fourth-order valence-electron chi connectivity index (χ4n) is 2.31. The summed E-state index contributed by atoms with van der Waals surface area (Å²) in [5, 5.41) is 2.91. The maximum atomic E-state index is 12.5. The maximum Gasteiger partial charge on any atom is 0.255 e. The first-order valence-electron chi connectivity index (χ1n) is 8.03. The fourth-order valence-corrected chi connectivity index (χ4v) is 2.31. The van der Waals surface area contributed by atoms with Crippen LogP contribution in [0.5, 0.6) is 11.5 Å². The number of nitrogens with one attached hydrogen (secondary N) is 1. The predicted molar refractivity (Wildman–Crippen MR) is 98.0 cm³/mol. The van der Waals surface area contributed by atoms with E-state index in [-0.39, 0.29) is 5.91 Å². The summed E-state index contributed by atoms with van der Waals surface area (Å²) in [6.45, 7) is 10.6. The zero-order chi connectivity index (χ0) is 17.5. The van der Waals surface area contributed by atoms with Crippen LogP contribution in [-0.4, -0.2) is 19.1 Å². The van der Waals surface area contributed by atoms with Crippen molar-refractivity contribution in [1.29, 1.82) is 0 Å². The van der Waals surface area contributed by atoms with Gasteiger partial charge in [0, 0.05) is 11.6 Å². The SMILES string of the molecule is C=Cc1ccc(C(=O)Nc2cc(OCC)c(C)cc2OCC)cc1. The number of rotatable bonds is 7. The second-order valence-electron chi connectivity index (χ2n) is 5.26. The van der Waals surface area contributed by atoms with E-state index in [2.05, 4.69) is 11.9 Å². The average molecular weight is 325 g/mol. The Bertz CT molecular complexity index is 720. The molecular formula is C20H23NO3. The molecule has 1 N–H and O–H groups in total. The largest absolute Gasteiger partial charge is 0.494 e. The quantitative estimate of drug-likeness (QED) is 0.803. The summed E-state index contributed by atoms with van der Waals surface area (Å²) in [5.74, 6) is 1.17. The normalized spacial score (nSPS) is 10.1. The van der Waals surface area contributed by atoms with E-state index >= 15 is 0 Å². The molecular weight excluding hydrogens is 302 g/mol. The summed E-state index contributed by atoms with van der Waals surface area (Å²) in [4.78, 5) is 12.5. The lowest BCUT2D eigenvalue weighted by atomic mass is 10.1. The van der Waals surface area contributed by atoms with E-state index in [4.69, 9.17) is 9.47 Å². The number of ether oxygens (including phenoxy) is 2. The van der Waals surface area contributed by atoms with Gasteiger partial charge in [-0.2, -0.15) is 0 Å². The first kappa shape index (κ1) is 17.6. The van der Waals surface area contributed by atoms with Gasteiger partial charge >= 0.3 is 0 Å². The Hall–Kier alpha value is -2.75. The number of aryl methyl sites for hydroxylation is 1. The Kier molecular flexibility index (Phi) is 6.01. The Morgan fingerprint density at radius 3 is 2.29 bits per heavy atom. The zero-order valence-corrected chi connectivity index (χ0v) is 14.4. The van der Waals surface area contributed by atoms with Crippen LogP contribution < -0.4 is 14.8 Å². The van der Waals surface area contributed by atoms with Crippen molar-refractivity contribution in [2.24, 2.45) is 0 Å². The molecule has 2 aromatic rings. The number of benzene rings is 2. The van der Waals surface area contributed by atoms with E-state index in [1.54, 1.807) is 24.3 Å². The van der Waals surface area contributed by atoms with Crippen LogP contribution in [0.25, 0.3) is 6.08 Å². The van der Waals surface area contributed by atoms with Gasteiger partial charge < -0.3 is 14.8 Å². The predicted octanol–water partition coefficient (Wildman–Crippen LogP) is 4.69. The molecule has 0 saturated carbocycles. The molecule has 0 unspecified atom stereocenters. The first-order chi connectivity index (χ1) is 11.6. The third-order valence-corrected chi connectivity index (χ3v) is 3.53. The number of carbonyl (C=O) groups excluding carboxylic acids is 1. The molecule has 0 heterocycles. The molecule has 0 fully saturated rings. The maximum absolute atomic E-state index is 12.5. The van der Waals surface area contributed by atoms with Crippen molar-refractivity contribution in [3.05, 3.63) is 59.7 Å². The van der Waals surface area contributed by atoms with Crippen molar-refractivity contribution in [1.82, 2.24) is 0 Å². The van der Waals surface area contributed by atoms with E-state index in [1.807, 2.05) is 39.0 Å². The molecule has 0 radical (unpaired) electrons. The molecule has 0 aliphatic rings. The highest BCUT2D eigenvalue weighted by Gasteiger charge is 2.13. The van der Waals surface area contributed by atoms with E-state index in [1.165, 1.54) is 0 Å². The molecule has 0 aliphatic carbocycles. The molecule has 0 aliphatic heterocycles. The minimum Gasteiger partial charge on any atom is -0.494 e. The third kappa shape index (κ3) is 4.16. The van der Waals surface area contributed by atoms with Crippen LogP contribution in [0.1, 0.15) is 35.3 Å². The Morgan fingerprint density at radius 2 is 1.71 bits per heavy atom. The van der Waals surface area contributed by atoms with Crippen molar-refractivity contribution in [3.63, 3.8) is 0 Å². The minimum atomic E-state index is -0.196. The lowest BCUT2D eigenvalue weighted by Crippen LogP contribution is -2.13. The van der Waals surface area contributed by atoms with Crippen LogP contribution in [0.2, 0.25) is 0 Å². The van der Waals surface area contributed by atoms with Gasteiger partial charge in [0.05, 0.1) is 18.9 Å². The summed E-state index contributed by atoms with van der Waals surface area (Å²) in [7, 11) is 0. The molecule has 24 heavy (non-hydrogen) atoms. The van der Waals surface area contributed by atoms with Crippen LogP contribution in [0, 0.1) is 6.92 Å². The molecule has 4 heteroatoms. The van der Waals surface area contributed by atoms with Crippen LogP contribution >= 0.6 is 0 Å². The van der Waals surface area contributed by atoms with Crippen LogP contribution in [0.15, 0.2) is 43.0 Å². The van der Waals surface area contributed by atoms with Crippen molar-refractivity contribution < 1.29 is 14.3 Å². The van der Waals surface area contributed by atoms with Gasteiger partial charge in [-0.1, -0.05) is 24.8 Å². The molecule has 2 rings (SSSR count). The Morgan fingerprint density at radius 1 is 1.08 bits per heavy atom. The molecule has 0 spiro atoms. The lowest BCUT2D eigenvalue weighted by Gasteiger charge is -2.16. The molecule has 126 valence electrons. The van der Waals surface area contributed by atoms with Gasteiger partial charge in [-0.3, -0.25) is 4.79 Å². The number of hydrogen-bond donors (Lipinski definition) is 1. The topological polar surface area (TPSA) is 47.6 Å². The van der Waals surface area contributed by atoms with E-state index < -0.39 is 0 Å². The van der Waals surface area contributed by atoms with Gasteiger partial charge in [-0.05, 0) is 50.1 Å². The number of amides is 1. The van der Waals surface area contributed by atoms with Crippen molar-refractivity contribution in [3.8, 4) is 11.5 Å². The molecule has 2 aromatic carbocycles. The smallest absolute Gasteiger partial charge is 0.255 e. The van der Waals surface area contributed by atoms with Crippen molar-refractivity contribution in [2.45, 2.75) is 20.8 Å². The highest BCUT2D eigenvalue weighted by Crippen LogP contribution is 2.33. The fraction of sp³-hybridized carbons (Fsp3) is 0.250. The van der Waals surface area contributed by atoms with E-state index in [0.29, 0.717) is 30.2 Å². The summed E-state index contributed by atoms with van der Waals surface area (Å²) in [6.07, 6.45) is 1.74.